The number of nitrogens with one attached hydrogen (secondary N) is 4. The fourth-order valence-electron chi connectivity index (χ4n) is 4.87. The zero-order chi connectivity index (χ0) is 19.5. The molecule has 2 aliphatic heterocycles. The second kappa shape index (κ2) is 5.41. The molecule has 0 radical (unpaired) electrons. The number of nitrogens with zero attached hydrogens (tertiary/aromatic N) is 4. The third kappa shape index (κ3) is 1.88. The number of amides is 6. The van der Waals surface area contributed by atoms with Crippen LogP contribution in [0.1, 0.15) is 0 Å². The average Bonchev–Trinajstić information content (AvgIpc) is 3.33. The van der Waals surface area contributed by atoms with Gasteiger partial charge in [0, 0.05) is 37.9 Å². The highest BCUT2D eigenvalue weighted by Crippen LogP contribution is 2.61. The molecule has 3 aliphatic rings. The lowest BCUT2D eigenvalue weighted by atomic mass is 9.41. The largest absolute Gasteiger partial charge is 0.336 e. The molecule has 2 aromatic rings. The maximum Gasteiger partial charge on any atom is 0.321 e. The fourth-order valence-corrected chi connectivity index (χ4v) is 4.87. The van der Waals surface area contributed by atoms with Crippen LogP contribution in [-0.4, -0.2) is 55.1 Å². The number of carbonyl (C=O) groups is 4. The van der Waals surface area contributed by atoms with Crippen molar-refractivity contribution in [3.05, 3.63) is 37.4 Å². The zero-order valence-corrected chi connectivity index (χ0v) is 14.5. The average molecular weight is 384 g/mol. The molecular weight excluding hydrogens is 368 g/mol. The van der Waals surface area contributed by atoms with Crippen molar-refractivity contribution in [2.45, 2.75) is 25.2 Å². The monoisotopic (exact) mass is 384 g/mol. The van der Waals surface area contributed by atoms with E-state index in [9.17, 15) is 19.2 Å². The second-order valence-electron chi connectivity index (χ2n) is 7.22. The van der Waals surface area contributed by atoms with Crippen LogP contribution in [0.2, 0.25) is 0 Å². The van der Waals surface area contributed by atoms with Crippen molar-refractivity contribution in [1.29, 1.82) is 0 Å². The summed E-state index contributed by atoms with van der Waals surface area (Å²) >= 11 is 0. The normalized spacial score (nSPS) is 33.6. The van der Waals surface area contributed by atoms with Crippen LogP contribution in [-0.2, 0) is 22.7 Å². The molecule has 3 fully saturated rings. The fraction of sp³-hybridized carbons (Fsp3) is 0.375. The minimum absolute atomic E-state index is 0.0955. The minimum Gasteiger partial charge on any atom is -0.336 e. The molecule has 0 aromatic carbocycles. The third-order valence-electron chi connectivity index (χ3n) is 6.01. The van der Waals surface area contributed by atoms with Gasteiger partial charge in [0.15, 0.2) is 0 Å². The summed E-state index contributed by atoms with van der Waals surface area (Å²) in [5, 5.41) is 10.0. The van der Waals surface area contributed by atoms with Crippen LogP contribution in [0, 0.1) is 10.8 Å². The Bertz CT molecular complexity index is 906. The summed E-state index contributed by atoms with van der Waals surface area (Å²) in [6.45, 7) is 0.191. The summed E-state index contributed by atoms with van der Waals surface area (Å²) < 4.78 is 3.36. The van der Waals surface area contributed by atoms with Crippen LogP contribution in [0.4, 0.5) is 9.59 Å². The Kier molecular flexibility index (Phi) is 3.18. The van der Waals surface area contributed by atoms with Gasteiger partial charge in [0.25, 0.3) is 0 Å². The van der Waals surface area contributed by atoms with Gasteiger partial charge in [0.05, 0.1) is 24.7 Å². The van der Waals surface area contributed by atoms with E-state index in [1.807, 2.05) is 0 Å². The highest BCUT2D eigenvalue weighted by molar-refractivity contribution is 6.11. The second-order valence-corrected chi connectivity index (χ2v) is 7.22. The summed E-state index contributed by atoms with van der Waals surface area (Å²) in [5.41, 5.74) is -2.68. The molecule has 4 atom stereocenters. The molecule has 0 bridgehead atoms. The topological polar surface area (TPSA) is 152 Å². The number of carbonyl (C=O) groups excluding carboxylic acids is 4. The summed E-state index contributed by atoms with van der Waals surface area (Å²) in [4.78, 5) is 58.4. The molecule has 6 amide bonds. The lowest BCUT2D eigenvalue weighted by Gasteiger charge is -2.68. The first-order valence-corrected chi connectivity index (χ1v) is 8.63. The lowest BCUT2D eigenvalue weighted by molar-refractivity contribution is -0.197. The lowest BCUT2D eigenvalue weighted by Crippen LogP contribution is -2.93. The molecule has 1 aliphatic carbocycles. The molecular formula is C16H16N8O4. The minimum atomic E-state index is -1.34. The standard InChI is InChI=1S/C16H16N8O4/c25-11-15(5-23-3-1-17-7-23)9(19-13(27)21-11)10-16(15,6-24-4-2-18-8-24)12(26)22-14(28)20-10/h1-4,7-10H,5-6H2,(H2,19,21,25,27)(H2,20,22,26,28)/t9?,10?,15-,16+. The van der Waals surface area contributed by atoms with Crippen molar-refractivity contribution in [1.82, 2.24) is 40.4 Å². The Morgan fingerprint density at radius 2 is 1.21 bits per heavy atom. The van der Waals surface area contributed by atoms with E-state index in [-0.39, 0.29) is 13.1 Å². The van der Waals surface area contributed by atoms with Gasteiger partial charge in [-0.2, -0.15) is 0 Å². The SMILES string of the molecule is O=C1NC(=O)[C@@]2(Cn3ccnc3)C(N1)C1NC(=O)NC(=O)[C@]12Cn1ccnc1. The molecule has 12 heteroatoms. The van der Waals surface area contributed by atoms with E-state index in [4.69, 9.17) is 0 Å². The summed E-state index contributed by atoms with van der Waals surface area (Å²) in [6.07, 6.45) is 9.54. The number of urea groups is 2. The van der Waals surface area contributed by atoms with E-state index in [0.717, 1.165) is 0 Å². The van der Waals surface area contributed by atoms with Crippen molar-refractivity contribution in [2.24, 2.45) is 10.8 Å². The van der Waals surface area contributed by atoms with Crippen molar-refractivity contribution in [3.63, 3.8) is 0 Å². The van der Waals surface area contributed by atoms with Crippen LogP contribution in [0.5, 0.6) is 0 Å². The highest BCUT2D eigenvalue weighted by Gasteiger charge is 2.82. The molecule has 5 rings (SSSR count). The Balaban J connectivity index is 1.69. The first kappa shape index (κ1) is 16.5. The van der Waals surface area contributed by atoms with Crippen LogP contribution in [0.15, 0.2) is 37.4 Å². The first-order valence-electron chi connectivity index (χ1n) is 8.63. The van der Waals surface area contributed by atoms with Gasteiger partial charge in [0.1, 0.15) is 10.8 Å². The Morgan fingerprint density at radius 3 is 1.57 bits per heavy atom. The Morgan fingerprint density at radius 1 is 0.786 bits per heavy atom. The van der Waals surface area contributed by atoms with E-state index in [1.54, 1.807) is 33.9 Å². The number of hydrogen-bond donors (Lipinski definition) is 4. The number of aromatic nitrogens is 4. The van der Waals surface area contributed by atoms with Gasteiger partial charge in [-0.3, -0.25) is 20.2 Å². The molecule has 28 heavy (non-hydrogen) atoms. The zero-order valence-electron chi connectivity index (χ0n) is 14.5. The van der Waals surface area contributed by atoms with Gasteiger partial charge < -0.3 is 19.8 Å². The van der Waals surface area contributed by atoms with E-state index in [2.05, 4.69) is 31.2 Å². The number of rotatable bonds is 4. The summed E-state index contributed by atoms with van der Waals surface area (Å²) in [6, 6.07) is -2.83. The van der Waals surface area contributed by atoms with E-state index >= 15 is 0 Å². The molecule has 0 spiro atoms. The predicted octanol–water partition coefficient (Wildman–Crippen LogP) is -1.82. The molecule has 2 unspecified atom stereocenters. The van der Waals surface area contributed by atoms with Crippen molar-refractivity contribution >= 4 is 23.9 Å². The van der Waals surface area contributed by atoms with Gasteiger partial charge in [-0.1, -0.05) is 0 Å². The van der Waals surface area contributed by atoms with Crippen molar-refractivity contribution in [3.8, 4) is 0 Å². The molecule has 2 aromatic heterocycles. The van der Waals surface area contributed by atoms with Crippen molar-refractivity contribution < 1.29 is 19.2 Å². The van der Waals surface area contributed by atoms with Crippen LogP contribution < -0.4 is 21.3 Å². The number of hydrogen-bond acceptors (Lipinski definition) is 6. The maximum atomic E-state index is 13.2. The molecule has 4 heterocycles. The Labute approximate surface area is 157 Å². The smallest absolute Gasteiger partial charge is 0.321 e. The van der Waals surface area contributed by atoms with Gasteiger partial charge in [0.2, 0.25) is 11.8 Å². The molecule has 1 saturated carbocycles. The first-order chi connectivity index (χ1) is 13.5. The van der Waals surface area contributed by atoms with Crippen molar-refractivity contribution in [2.75, 3.05) is 0 Å². The van der Waals surface area contributed by atoms with Gasteiger partial charge in [-0.05, 0) is 0 Å². The third-order valence-corrected chi connectivity index (χ3v) is 6.01. The molecule has 144 valence electrons. The van der Waals surface area contributed by atoms with Gasteiger partial charge >= 0.3 is 12.1 Å². The number of imide groups is 2. The number of fused-ring (bicyclic) bond motifs is 4. The summed E-state index contributed by atoms with van der Waals surface area (Å²) in [7, 11) is 0. The van der Waals surface area contributed by atoms with Gasteiger partial charge in [-0.15, -0.1) is 0 Å². The molecule has 2 saturated heterocycles. The predicted molar refractivity (Wildman–Crippen MR) is 90.2 cm³/mol. The van der Waals surface area contributed by atoms with Crippen LogP contribution in [0.3, 0.4) is 0 Å². The van der Waals surface area contributed by atoms with E-state index in [1.165, 1.54) is 12.7 Å². The van der Waals surface area contributed by atoms with Gasteiger partial charge in [-0.25, -0.2) is 19.6 Å². The van der Waals surface area contributed by atoms with E-state index < -0.39 is 46.8 Å². The molecule has 4 N–H and O–H groups in total. The van der Waals surface area contributed by atoms with Crippen LogP contribution >= 0.6 is 0 Å². The Hall–Kier alpha value is -3.70. The van der Waals surface area contributed by atoms with Crippen LogP contribution in [0.25, 0.3) is 0 Å². The quantitative estimate of drug-likeness (QED) is 0.487. The number of imidazole rings is 2. The highest BCUT2D eigenvalue weighted by atomic mass is 16.2. The summed E-state index contributed by atoms with van der Waals surface area (Å²) in [5.74, 6) is -1.14. The van der Waals surface area contributed by atoms with E-state index in [0.29, 0.717) is 0 Å². The maximum absolute atomic E-state index is 13.2. The molecule has 12 nitrogen and oxygen atoms in total.